The van der Waals surface area contributed by atoms with Gasteiger partial charge in [0.1, 0.15) is 11.5 Å². The summed E-state index contributed by atoms with van der Waals surface area (Å²) in [7, 11) is 0. The molecule has 45 heavy (non-hydrogen) atoms. The molecule has 0 bridgehead atoms. The van der Waals surface area contributed by atoms with Gasteiger partial charge in [0.15, 0.2) is 0 Å². The van der Waals surface area contributed by atoms with E-state index in [4.69, 9.17) is 0 Å². The van der Waals surface area contributed by atoms with Gasteiger partial charge in [0.25, 0.3) is 11.1 Å². The lowest BCUT2D eigenvalue weighted by Gasteiger charge is -2.23. The molecule has 0 aliphatic carbocycles. The molecule has 0 fully saturated rings. The lowest BCUT2D eigenvalue weighted by Crippen LogP contribution is -2.28. The van der Waals surface area contributed by atoms with E-state index in [-0.39, 0.29) is 22.6 Å². The summed E-state index contributed by atoms with van der Waals surface area (Å²) in [5.41, 5.74) is 2.76. The molecule has 7 heteroatoms. The average molecular weight is 609 g/mol. The third kappa shape index (κ3) is 4.78. The smallest absolute Gasteiger partial charge is 0.263 e. The van der Waals surface area contributed by atoms with Crippen molar-refractivity contribution in [3.63, 3.8) is 0 Å². The minimum Gasteiger partial charge on any atom is -0.507 e. The topological polar surface area (TPSA) is 95.3 Å². The van der Waals surface area contributed by atoms with Gasteiger partial charge in [-0.3, -0.25) is 14.2 Å². The van der Waals surface area contributed by atoms with Gasteiger partial charge in [0.05, 0.1) is 28.1 Å². The maximum atomic E-state index is 14.6. The normalized spacial score (nSPS) is 12.0. The molecule has 1 atom stereocenters. The van der Waals surface area contributed by atoms with Crippen molar-refractivity contribution in [1.82, 2.24) is 9.55 Å². The molecule has 0 spiro atoms. The van der Waals surface area contributed by atoms with Crippen molar-refractivity contribution in [2.75, 3.05) is 6.26 Å². The molecule has 5 aromatic carbocycles. The number of hydrogen-bond donors (Lipinski definition) is 3. The first-order valence-corrected chi connectivity index (χ1v) is 15.7. The second kappa shape index (κ2) is 11.5. The van der Waals surface area contributed by atoms with Gasteiger partial charge in [0, 0.05) is 26.9 Å². The van der Waals surface area contributed by atoms with E-state index in [1.165, 1.54) is 0 Å². The quantitative estimate of drug-likeness (QED) is 0.167. The summed E-state index contributed by atoms with van der Waals surface area (Å²) >= 11 is 1.56. The van der Waals surface area contributed by atoms with E-state index in [1.54, 1.807) is 40.6 Å². The highest BCUT2D eigenvalue weighted by atomic mass is 32.2. The van der Waals surface area contributed by atoms with E-state index in [0.29, 0.717) is 33.1 Å². The summed E-state index contributed by atoms with van der Waals surface area (Å²) in [5, 5.41) is 24.7. The van der Waals surface area contributed by atoms with Crippen LogP contribution in [-0.4, -0.2) is 26.0 Å². The molecule has 220 valence electrons. The molecule has 3 N–H and O–H groups in total. The van der Waals surface area contributed by atoms with Gasteiger partial charge in [-0.1, -0.05) is 84.9 Å². The van der Waals surface area contributed by atoms with E-state index in [0.717, 1.165) is 16.0 Å². The number of nitrogens with zero attached hydrogens (tertiary/aromatic N) is 1. The molecule has 0 aliphatic rings. The number of aromatic hydroxyl groups is 2. The number of fused-ring (bicyclic) bond motifs is 2. The highest BCUT2D eigenvalue weighted by molar-refractivity contribution is 7.98. The molecular formula is C38H28N2O4S. The lowest BCUT2D eigenvalue weighted by molar-refractivity contribution is 0.462. The highest BCUT2D eigenvalue weighted by Gasteiger charge is 2.32. The standard InChI is InChI=1S/C38H28N2O4S/c1-45-26-21-19-24(20-22-26)31(32-36(42)29-17-10-16-27(34(29)39-37(32)43)23-11-4-2-5-12-23)33-35(41)28-15-8-9-18-30(28)40(38(33)44)25-13-6-3-7-14-25/h2-22,31,41H,1H3,(H2,39,42,43)/t31-/m0/s1. The molecular weight excluding hydrogens is 580 g/mol. The number of H-pyrrole nitrogens is 1. The monoisotopic (exact) mass is 608 g/mol. The van der Waals surface area contributed by atoms with Crippen LogP contribution in [0.4, 0.5) is 0 Å². The molecule has 7 aromatic rings. The fourth-order valence-electron chi connectivity index (χ4n) is 6.16. The SMILES string of the molecule is CSc1ccc([C@@H](c2c(O)c3cccc(-c4ccccc4)c3[nH]c2=O)c2c(O)c3ccccc3n(-c3ccccc3)c2=O)cc1. The van der Waals surface area contributed by atoms with Gasteiger partial charge < -0.3 is 15.2 Å². The van der Waals surface area contributed by atoms with Gasteiger partial charge in [-0.05, 0) is 59.8 Å². The fourth-order valence-corrected chi connectivity index (χ4v) is 6.56. The molecule has 0 radical (unpaired) electrons. The van der Waals surface area contributed by atoms with Crippen LogP contribution in [0.3, 0.4) is 0 Å². The van der Waals surface area contributed by atoms with Crippen LogP contribution in [0.2, 0.25) is 0 Å². The average Bonchev–Trinajstić information content (AvgIpc) is 3.08. The number of para-hydroxylation sites is 3. The second-order valence-corrected chi connectivity index (χ2v) is 11.7. The molecule has 0 saturated carbocycles. The van der Waals surface area contributed by atoms with Crippen LogP contribution in [0, 0.1) is 0 Å². The number of benzene rings is 5. The number of hydrogen-bond acceptors (Lipinski definition) is 5. The van der Waals surface area contributed by atoms with Crippen LogP contribution in [-0.2, 0) is 0 Å². The van der Waals surface area contributed by atoms with Crippen molar-refractivity contribution in [2.45, 2.75) is 10.8 Å². The van der Waals surface area contributed by atoms with Crippen LogP contribution in [0.1, 0.15) is 22.6 Å². The van der Waals surface area contributed by atoms with E-state index in [9.17, 15) is 19.8 Å². The number of rotatable bonds is 6. The van der Waals surface area contributed by atoms with Gasteiger partial charge in [0.2, 0.25) is 0 Å². The van der Waals surface area contributed by atoms with Gasteiger partial charge in [-0.25, -0.2) is 0 Å². The Morgan fingerprint density at radius 2 is 1.29 bits per heavy atom. The van der Waals surface area contributed by atoms with Crippen LogP contribution in [0.25, 0.3) is 38.6 Å². The molecule has 2 heterocycles. The van der Waals surface area contributed by atoms with Gasteiger partial charge in [-0.2, -0.15) is 0 Å². The predicted octanol–water partition coefficient (Wildman–Crippen LogP) is 7.81. The predicted molar refractivity (Wildman–Crippen MR) is 182 cm³/mol. The number of thioether (sulfide) groups is 1. The molecule has 7 rings (SSSR count). The van der Waals surface area contributed by atoms with Crippen molar-refractivity contribution in [3.8, 4) is 28.3 Å². The lowest BCUT2D eigenvalue weighted by atomic mass is 9.83. The zero-order valence-electron chi connectivity index (χ0n) is 24.3. The summed E-state index contributed by atoms with van der Waals surface area (Å²) in [4.78, 5) is 32.8. The summed E-state index contributed by atoms with van der Waals surface area (Å²) in [6.07, 6.45) is 1.96. The first-order chi connectivity index (χ1) is 22.0. The summed E-state index contributed by atoms with van der Waals surface area (Å²) < 4.78 is 1.55. The second-order valence-electron chi connectivity index (χ2n) is 10.8. The Labute approximate surface area is 262 Å². The summed E-state index contributed by atoms with van der Waals surface area (Å²) in [6, 6.07) is 38.9. The van der Waals surface area contributed by atoms with Crippen molar-refractivity contribution >= 4 is 33.6 Å². The Morgan fingerprint density at radius 3 is 2.00 bits per heavy atom. The number of aromatic nitrogens is 2. The Hall–Kier alpha value is -5.53. The van der Waals surface area contributed by atoms with Gasteiger partial charge in [-0.15, -0.1) is 11.8 Å². The van der Waals surface area contributed by atoms with E-state index in [2.05, 4.69) is 4.98 Å². The van der Waals surface area contributed by atoms with Crippen LogP contribution in [0.15, 0.2) is 142 Å². The Balaban J connectivity index is 1.59. The Kier molecular flexibility index (Phi) is 7.23. The summed E-state index contributed by atoms with van der Waals surface area (Å²) in [6.45, 7) is 0. The first-order valence-electron chi connectivity index (χ1n) is 14.5. The zero-order chi connectivity index (χ0) is 31.1. The minimum atomic E-state index is -1.10. The first kappa shape index (κ1) is 28.3. The number of nitrogens with one attached hydrogen (secondary N) is 1. The maximum absolute atomic E-state index is 14.6. The van der Waals surface area contributed by atoms with Crippen LogP contribution < -0.4 is 11.1 Å². The van der Waals surface area contributed by atoms with Gasteiger partial charge >= 0.3 is 0 Å². The van der Waals surface area contributed by atoms with E-state index >= 15 is 0 Å². The minimum absolute atomic E-state index is 0.00572. The van der Waals surface area contributed by atoms with E-state index < -0.39 is 17.0 Å². The maximum Gasteiger partial charge on any atom is 0.263 e. The van der Waals surface area contributed by atoms with Crippen molar-refractivity contribution in [3.05, 3.63) is 165 Å². The molecule has 0 saturated heterocycles. The van der Waals surface area contributed by atoms with Crippen molar-refractivity contribution in [1.29, 1.82) is 0 Å². The third-order valence-corrected chi connectivity index (χ3v) is 9.02. The third-order valence-electron chi connectivity index (χ3n) is 8.27. The highest BCUT2D eigenvalue weighted by Crippen LogP contribution is 2.43. The van der Waals surface area contributed by atoms with Crippen molar-refractivity contribution < 1.29 is 10.2 Å². The summed E-state index contributed by atoms with van der Waals surface area (Å²) in [5.74, 6) is -1.58. The molecule has 0 unspecified atom stereocenters. The molecule has 6 nitrogen and oxygen atoms in total. The Bertz CT molecular complexity index is 2310. The van der Waals surface area contributed by atoms with Crippen LogP contribution >= 0.6 is 11.8 Å². The van der Waals surface area contributed by atoms with E-state index in [1.807, 2.05) is 109 Å². The molecule has 0 amide bonds. The fraction of sp³-hybridized carbons (Fsp3) is 0.0526. The van der Waals surface area contributed by atoms with Crippen LogP contribution in [0.5, 0.6) is 11.5 Å². The molecule has 0 aliphatic heterocycles. The van der Waals surface area contributed by atoms with Crippen molar-refractivity contribution in [2.24, 2.45) is 0 Å². The largest absolute Gasteiger partial charge is 0.507 e. The number of pyridine rings is 2. The zero-order valence-corrected chi connectivity index (χ0v) is 25.1. The Morgan fingerprint density at radius 1 is 0.667 bits per heavy atom. The number of aromatic amines is 1. The molecule has 2 aromatic heterocycles.